The summed E-state index contributed by atoms with van der Waals surface area (Å²) in [6.07, 6.45) is 1.81. The van der Waals surface area contributed by atoms with E-state index in [1.807, 2.05) is 35.2 Å². The molecular weight excluding hydrogens is 334 g/mol. The van der Waals surface area contributed by atoms with Gasteiger partial charge in [-0.1, -0.05) is 42.4 Å². The van der Waals surface area contributed by atoms with E-state index in [1.54, 1.807) is 0 Å². The molecule has 1 aromatic carbocycles. The number of amides is 1. The Kier molecular flexibility index (Phi) is 7.05. The Morgan fingerprint density at radius 3 is 2.60 bits per heavy atom. The van der Waals surface area contributed by atoms with E-state index in [1.165, 1.54) is 11.8 Å². The second kappa shape index (κ2) is 9.04. The standard InChI is InChI=1S/C19H27N3O2S/c1-5-9-16-20-17(24-21-16)13-25-14-18(23)22(19(2,3)4)12-15-10-7-6-8-11-15/h6-8,10-11H,5,9,12-14H2,1-4H3. The summed E-state index contributed by atoms with van der Waals surface area (Å²) in [6, 6.07) is 10.1. The molecule has 0 saturated carbocycles. The Hall–Kier alpha value is -1.82. The summed E-state index contributed by atoms with van der Waals surface area (Å²) in [5, 5.41) is 3.94. The highest BCUT2D eigenvalue weighted by atomic mass is 32.2. The van der Waals surface area contributed by atoms with Crippen LogP contribution in [0.2, 0.25) is 0 Å². The maximum atomic E-state index is 12.7. The number of hydrogen-bond donors (Lipinski definition) is 0. The number of rotatable bonds is 8. The first kappa shape index (κ1) is 19.5. The fourth-order valence-electron chi connectivity index (χ4n) is 2.44. The summed E-state index contributed by atoms with van der Waals surface area (Å²) < 4.78 is 5.22. The largest absolute Gasteiger partial charge is 0.338 e. The highest BCUT2D eigenvalue weighted by Gasteiger charge is 2.26. The van der Waals surface area contributed by atoms with Gasteiger partial charge in [0.15, 0.2) is 5.82 Å². The first-order valence-corrected chi connectivity index (χ1v) is 9.79. The second-order valence-electron chi connectivity index (χ2n) is 6.98. The van der Waals surface area contributed by atoms with Crippen molar-refractivity contribution in [1.29, 1.82) is 0 Å². The molecule has 0 unspecified atom stereocenters. The van der Waals surface area contributed by atoms with E-state index in [4.69, 9.17) is 4.52 Å². The molecule has 2 aromatic rings. The van der Waals surface area contributed by atoms with E-state index in [0.29, 0.717) is 23.9 Å². The molecule has 136 valence electrons. The second-order valence-corrected chi connectivity index (χ2v) is 7.97. The van der Waals surface area contributed by atoms with Gasteiger partial charge in [0.1, 0.15) is 0 Å². The summed E-state index contributed by atoms with van der Waals surface area (Å²) >= 11 is 1.51. The summed E-state index contributed by atoms with van der Waals surface area (Å²) in [7, 11) is 0. The van der Waals surface area contributed by atoms with Gasteiger partial charge in [0.25, 0.3) is 0 Å². The molecule has 0 aliphatic rings. The number of thioether (sulfide) groups is 1. The Morgan fingerprint density at radius 2 is 1.96 bits per heavy atom. The number of carbonyl (C=O) groups excluding carboxylic acids is 1. The van der Waals surface area contributed by atoms with E-state index in [9.17, 15) is 4.79 Å². The molecule has 2 rings (SSSR count). The van der Waals surface area contributed by atoms with Gasteiger partial charge in [-0.25, -0.2) is 0 Å². The normalized spacial score (nSPS) is 11.5. The predicted octanol–water partition coefficient (Wildman–Crippen LogP) is 4.08. The van der Waals surface area contributed by atoms with Crippen molar-refractivity contribution in [1.82, 2.24) is 15.0 Å². The molecule has 1 heterocycles. The van der Waals surface area contributed by atoms with Gasteiger partial charge in [0.2, 0.25) is 11.8 Å². The van der Waals surface area contributed by atoms with Crippen LogP contribution in [0.1, 0.15) is 51.4 Å². The van der Waals surface area contributed by atoms with Crippen molar-refractivity contribution in [2.75, 3.05) is 5.75 Å². The van der Waals surface area contributed by atoms with E-state index in [2.05, 4.69) is 37.8 Å². The lowest BCUT2D eigenvalue weighted by molar-refractivity contribution is -0.133. The van der Waals surface area contributed by atoms with Crippen molar-refractivity contribution in [2.24, 2.45) is 0 Å². The molecule has 0 bridgehead atoms. The lowest BCUT2D eigenvalue weighted by Gasteiger charge is -2.36. The van der Waals surface area contributed by atoms with Gasteiger partial charge >= 0.3 is 0 Å². The van der Waals surface area contributed by atoms with E-state index >= 15 is 0 Å². The monoisotopic (exact) mass is 361 g/mol. The molecule has 0 N–H and O–H groups in total. The van der Waals surface area contributed by atoms with Gasteiger partial charge in [-0.05, 0) is 32.8 Å². The van der Waals surface area contributed by atoms with E-state index in [-0.39, 0.29) is 11.4 Å². The van der Waals surface area contributed by atoms with Gasteiger partial charge in [0, 0.05) is 18.5 Å². The third kappa shape index (κ3) is 6.20. The topological polar surface area (TPSA) is 59.2 Å². The average molecular weight is 362 g/mol. The molecule has 0 radical (unpaired) electrons. The third-order valence-corrected chi connectivity index (χ3v) is 4.63. The highest BCUT2D eigenvalue weighted by molar-refractivity contribution is 7.99. The zero-order chi connectivity index (χ0) is 18.3. The highest BCUT2D eigenvalue weighted by Crippen LogP contribution is 2.20. The first-order valence-electron chi connectivity index (χ1n) is 8.63. The van der Waals surface area contributed by atoms with E-state index in [0.717, 1.165) is 24.2 Å². The van der Waals surface area contributed by atoms with Crippen molar-refractivity contribution >= 4 is 17.7 Å². The molecule has 0 aliphatic heterocycles. The van der Waals surface area contributed by atoms with Crippen LogP contribution in [0, 0.1) is 0 Å². The van der Waals surface area contributed by atoms with Gasteiger partial charge in [-0.2, -0.15) is 4.98 Å². The number of hydrogen-bond acceptors (Lipinski definition) is 5. The number of benzene rings is 1. The molecule has 0 fully saturated rings. The lowest BCUT2D eigenvalue weighted by atomic mass is 10.0. The zero-order valence-electron chi connectivity index (χ0n) is 15.5. The Balaban J connectivity index is 1.90. The van der Waals surface area contributed by atoms with Crippen molar-refractivity contribution in [3.63, 3.8) is 0 Å². The minimum atomic E-state index is -0.230. The fraction of sp³-hybridized carbons (Fsp3) is 0.526. The minimum absolute atomic E-state index is 0.120. The van der Waals surface area contributed by atoms with Crippen LogP contribution in [-0.4, -0.2) is 32.2 Å². The molecule has 25 heavy (non-hydrogen) atoms. The quantitative estimate of drug-likeness (QED) is 0.709. The smallest absolute Gasteiger partial charge is 0.236 e. The Morgan fingerprint density at radius 1 is 1.24 bits per heavy atom. The summed E-state index contributed by atoms with van der Waals surface area (Å²) in [5.41, 5.74) is 0.906. The van der Waals surface area contributed by atoms with Crippen molar-refractivity contribution in [3.8, 4) is 0 Å². The van der Waals surface area contributed by atoms with Gasteiger partial charge < -0.3 is 9.42 Å². The molecular formula is C19H27N3O2S. The third-order valence-electron chi connectivity index (χ3n) is 3.73. The maximum absolute atomic E-state index is 12.7. The van der Waals surface area contributed by atoms with Gasteiger partial charge in [-0.15, -0.1) is 11.8 Å². The molecule has 0 spiro atoms. The van der Waals surface area contributed by atoms with Crippen LogP contribution >= 0.6 is 11.8 Å². The van der Waals surface area contributed by atoms with Crippen LogP contribution < -0.4 is 0 Å². The number of carbonyl (C=O) groups is 1. The molecule has 0 saturated heterocycles. The summed E-state index contributed by atoms with van der Waals surface area (Å²) in [4.78, 5) is 19.0. The number of aromatic nitrogens is 2. The van der Waals surface area contributed by atoms with Crippen LogP contribution in [0.25, 0.3) is 0 Å². The van der Waals surface area contributed by atoms with Gasteiger partial charge in [0.05, 0.1) is 11.5 Å². The van der Waals surface area contributed by atoms with Gasteiger partial charge in [-0.3, -0.25) is 4.79 Å². The lowest BCUT2D eigenvalue weighted by Crippen LogP contribution is -2.45. The zero-order valence-corrected chi connectivity index (χ0v) is 16.3. The molecule has 0 atom stereocenters. The van der Waals surface area contributed by atoms with Crippen LogP contribution in [0.3, 0.4) is 0 Å². The predicted molar refractivity (Wildman–Crippen MR) is 101 cm³/mol. The Labute approximate surface area is 154 Å². The summed E-state index contributed by atoms with van der Waals surface area (Å²) in [6.45, 7) is 8.89. The van der Waals surface area contributed by atoms with Crippen molar-refractivity contribution < 1.29 is 9.32 Å². The SMILES string of the molecule is CCCc1noc(CSCC(=O)N(Cc2ccccc2)C(C)(C)C)n1. The van der Waals surface area contributed by atoms with Crippen LogP contribution in [-0.2, 0) is 23.5 Å². The molecule has 1 aromatic heterocycles. The van der Waals surface area contributed by atoms with Crippen LogP contribution in [0.15, 0.2) is 34.9 Å². The van der Waals surface area contributed by atoms with E-state index < -0.39 is 0 Å². The van der Waals surface area contributed by atoms with Crippen molar-refractivity contribution in [3.05, 3.63) is 47.6 Å². The molecule has 1 amide bonds. The van der Waals surface area contributed by atoms with Crippen LogP contribution in [0.4, 0.5) is 0 Å². The van der Waals surface area contributed by atoms with Crippen LogP contribution in [0.5, 0.6) is 0 Å². The summed E-state index contributed by atoms with van der Waals surface area (Å²) in [5.74, 6) is 2.41. The number of nitrogens with zero attached hydrogens (tertiary/aromatic N) is 3. The number of aryl methyl sites for hydroxylation is 1. The fourth-order valence-corrected chi connectivity index (χ4v) is 3.17. The van der Waals surface area contributed by atoms with Crippen molar-refractivity contribution in [2.45, 2.75) is 58.4 Å². The average Bonchev–Trinajstić information content (AvgIpc) is 3.00. The molecule has 5 nitrogen and oxygen atoms in total. The Bertz CT molecular complexity index is 665. The minimum Gasteiger partial charge on any atom is -0.338 e. The first-order chi connectivity index (χ1) is 11.9. The maximum Gasteiger partial charge on any atom is 0.236 e. The molecule has 0 aliphatic carbocycles. The molecule has 6 heteroatoms.